The molecule has 0 aliphatic rings. The Bertz CT molecular complexity index is 966. The van der Waals surface area contributed by atoms with E-state index in [2.05, 4.69) is 79.8 Å². The SMILES string of the molecule is Brc1ccc(CSc2ncnc3scc(-c4ccccc4)c23)cc1. The van der Waals surface area contributed by atoms with Gasteiger partial charge in [0.1, 0.15) is 16.2 Å². The number of fused-ring (bicyclic) bond motifs is 1. The monoisotopic (exact) mass is 412 g/mol. The third kappa shape index (κ3) is 3.24. The molecule has 4 aromatic rings. The highest BCUT2D eigenvalue weighted by Gasteiger charge is 2.13. The fourth-order valence-corrected chi connectivity index (χ4v) is 4.73. The number of benzene rings is 2. The second-order valence-corrected chi connectivity index (χ2v) is 8.03. The van der Waals surface area contributed by atoms with E-state index in [0.29, 0.717) is 0 Å². The first-order valence-electron chi connectivity index (χ1n) is 7.46. The average molecular weight is 413 g/mol. The number of hydrogen-bond acceptors (Lipinski definition) is 4. The second kappa shape index (κ2) is 7.05. The molecule has 0 atom stereocenters. The number of thioether (sulfide) groups is 1. The lowest BCUT2D eigenvalue weighted by atomic mass is 10.1. The summed E-state index contributed by atoms with van der Waals surface area (Å²) in [6.45, 7) is 0. The lowest BCUT2D eigenvalue weighted by Crippen LogP contribution is -1.87. The van der Waals surface area contributed by atoms with Crippen molar-refractivity contribution < 1.29 is 0 Å². The van der Waals surface area contributed by atoms with E-state index in [0.717, 1.165) is 25.5 Å². The number of nitrogens with zero attached hydrogens (tertiary/aromatic N) is 2. The van der Waals surface area contributed by atoms with Crippen LogP contribution in [0, 0.1) is 0 Å². The summed E-state index contributed by atoms with van der Waals surface area (Å²) in [6, 6.07) is 18.9. The molecule has 2 aromatic carbocycles. The van der Waals surface area contributed by atoms with Crippen LogP contribution in [0.5, 0.6) is 0 Å². The van der Waals surface area contributed by atoms with Gasteiger partial charge in [0, 0.05) is 21.2 Å². The first-order chi connectivity index (χ1) is 11.8. The highest BCUT2D eigenvalue weighted by Crippen LogP contribution is 2.38. The zero-order valence-corrected chi connectivity index (χ0v) is 15.9. The van der Waals surface area contributed by atoms with Gasteiger partial charge < -0.3 is 0 Å². The normalized spacial score (nSPS) is 11.0. The van der Waals surface area contributed by atoms with Crippen LogP contribution in [0.15, 0.2) is 75.8 Å². The van der Waals surface area contributed by atoms with E-state index in [4.69, 9.17) is 0 Å². The lowest BCUT2D eigenvalue weighted by molar-refractivity contribution is 1.11. The summed E-state index contributed by atoms with van der Waals surface area (Å²) < 4.78 is 1.10. The first kappa shape index (κ1) is 15.8. The summed E-state index contributed by atoms with van der Waals surface area (Å²) in [4.78, 5) is 10.0. The number of thiophene rings is 1. The van der Waals surface area contributed by atoms with Crippen LogP contribution in [0.25, 0.3) is 21.3 Å². The van der Waals surface area contributed by atoms with E-state index in [1.54, 1.807) is 29.4 Å². The van der Waals surface area contributed by atoms with Crippen LogP contribution in [-0.4, -0.2) is 9.97 Å². The van der Waals surface area contributed by atoms with Crippen molar-refractivity contribution in [3.63, 3.8) is 0 Å². The minimum Gasteiger partial charge on any atom is -0.229 e. The topological polar surface area (TPSA) is 25.8 Å². The number of aromatic nitrogens is 2. The van der Waals surface area contributed by atoms with Gasteiger partial charge in [-0.1, -0.05) is 58.4 Å². The Morgan fingerprint density at radius 1 is 0.958 bits per heavy atom. The summed E-state index contributed by atoms with van der Waals surface area (Å²) in [5.74, 6) is 0.892. The van der Waals surface area contributed by atoms with Crippen LogP contribution in [0.4, 0.5) is 0 Å². The quantitative estimate of drug-likeness (QED) is 0.285. The molecule has 0 N–H and O–H groups in total. The minimum atomic E-state index is 0.892. The molecule has 5 heteroatoms. The van der Waals surface area contributed by atoms with Gasteiger partial charge in [-0.2, -0.15) is 0 Å². The van der Waals surface area contributed by atoms with Gasteiger partial charge in [-0.3, -0.25) is 0 Å². The van der Waals surface area contributed by atoms with Crippen LogP contribution in [-0.2, 0) is 5.75 Å². The van der Waals surface area contributed by atoms with Crippen molar-refractivity contribution in [1.29, 1.82) is 0 Å². The van der Waals surface area contributed by atoms with Crippen molar-refractivity contribution in [3.8, 4) is 11.1 Å². The Kier molecular flexibility index (Phi) is 4.65. The number of rotatable bonds is 4. The summed E-state index contributed by atoms with van der Waals surface area (Å²) in [6.07, 6.45) is 1.66. The van der Waals surface area contributed by atoms with Gasteiger partial charge in [-0.05, 0) is 23.3 Å². The molecule has 0 radical (unpaired) electrons. The molecule has 0 unspecified atom stereocenters. The van der Waals surface area contributed by atoms with Crippen molar-refractivity contribution >= 4 is 49.2 Å². The third-order valence-electron chi connectivity index (χ3n) is 3.71. The van der Waals surface area contributed by atoms with E-state index in [9.17, 15) is 0 Å². The van der Waals surface area contributed by atoms with Crippen molar-refractivity contribution in [2.24, 2.45) is 0 Å². The summed E-state index contributed by atoms with van der Waals surface area (Å²) in [7, 11) is 0. The average Bonchev–Trinajstić information content (AvgIpc) is 3.07. The number of halogens is 1. The Morgan fingerprint density at radius 2 is 1.75 bits per heavy atom. The predicted octanol–water partition coefficient (Wildman–Crippen LogP) is 6.41. The van der Waals surface area contributed by atoms with E-state index < -0.39 is 0 Å². The molecule has 0 saturated heterocycles. The molecular weight excluding hydrogens is 400 g/mol. The molecule has 118 valence electrons. The molecule has 4 rings (SSSR count). The van der Waals surface area contributed by atoms with E-state index in [1.165, 1.54) is 16.7 Å². The van der Waals surface area contributed by atoms with Gasteiger partial charge in [0.25, 0.3) is 0 Å². The van der Waals surface area contributed by atoms with Crippen LogP contribution in [0.2, 0.25) is 0 Å². The Morgan fingerprint density at radius 3 is 2.54 bits per heavy atom. The summed E-state index contributed by atoms with van der Waals surface area (Å²) >= 11 is 6.92. The predicted molar refractivity (Wildman–Crippen MR) is 107 cm³/mol. The zero-order chi connectivity index (χ0) is 16.4. The maximum atomic E-state index is 4.55. The molecule has 2 nitrogen and oxygen atoms in total. The van der Waals surface area contributed by atoms with Gasteiger partial charge in [-0.15, -0.1) is 23.1 Å². The molecule has 2 heterocycles. The van der Waals surface area contributed by atoms with Crippen LogP contribution in [0.3, 0.4) is 0 Å². The largest absolute Gasteiger partial charge is 0.229 e. The Hall–Kier alpha value is -1.69. The molecule has 24 heavy (non-hydrogen) atoms. The Balaban J connectivity index is 1.70. The first-order valence-corrected chi connectivity index (χ1v) is 10.1. The smallest absolute Gasteiger partial charge is 0.128 e. The molecular formula is C19H13BrN2S2. The van der Waals surface area contributed by atoms with Crippen LogP contribution in [0.1, 0.15) is 5.56 Å². The van der Waals surface area contributed by atoms with E-state index in [-0.39, 0.29) is 0 Å². The molecule has 0 saturated carbocycles. The van der Waals surface area contributed by atoms with Crippen LogP contribution < -0.4 is 0 Å². The van der Waals surface area contributed by atoms with Gasteiger partial charge in [0.2, 0.25) is 0 Å². The Labute approximate surface area is 157 Å². The standard InChI is InChI=1S/C19H13BrN2S2/c20-15-8-6-13(7-9-15)10-23-18-17-16(14-4-2-1-3-5-14)11-24-19(17)22-12-21-18/h1-9,11-12H,10H2. The maximum absolute atomic E-state index is 4.55. The fourth-order valence-electron chi connectivity index (χ4n) is 2.52. The second-order valence-electron chi connectivity index (χ2n) is 5.29. The van der Waals surface area contributed by atoms with Crippen molar-refractivity contribution in [3.05, 3.63) is 76.3 Å². The molecule has 0 amide bonds. The summed E-state index contributed by atoms with van der Waals surface area (Å²) in [5, 5.41) is 4.39. The fraction of sp³-hybridized carbons (Fsp3) is 0.0526. The molecule has 0 fully saturated rings. The van der Waals surface area contributed by atoms with Gasteiger partial charge in [0.05, 0.1) is 5.39 Å². The highest BCUT2D eigenvalue weighted by atomic mass is 79.9. The van der Waals surface area contributed by atoms with Crippen molar-refractivity contribution in [2.75, 3.05) is 0 Å². The third-order valence-corrected chi connectivity index (χ3v) is 6.18. The van der Waals surface area contributed by atoms with Gasteiger partial charge in [-0.25, -0.2) is 9.97 Å². The minimum absolute atomic E-state index is 0.892. The molecule has 0 bridgehead atoms. The van der Waals surface area contributed by atoms with E-state index >= 15 is 0 Å². The number of hydrogen-bond donors (Lipinski definition) is 0. The molecule has 0 aliphatic heterocycles. The lowest BCUT2D eigenvalue weighted by Gasteiger charge is -2.05. The molecule has 2 aromatic heterocycles. The maximum Gasteiger partial charge on any atom is 0.128 e. The van der Waals surface area contributed by atoms with Crippen molar-refractivity contribution in [1.82, 2.24) is 9.97 Å². The molecule has 0 aliphatic carbocycles. The van der Waals surface area contributed by atoms with E-state index in [1.807, 2.05) is 6.07 Å². The van der Waals surface area contributed by atoms with Gasteiger partial charge in [0.15, 0.2) is 0 Å². The van der Waals surface area contributed by atoms with Gasteiger partial charge >= 0.3 is 0 Å². The van der Waals surface area contributed by atoms with Crippen molar-refractivity contribution in [2.45, 2.75) is 10.8 Å². The van der Waals surface area contributed by atoms with Crippen LogP contribution >= 0.6 is 39.0 Å². The highest BCUT2D eigenvalue weighted by molar-refractivity contribution is 9.10. The zero-order valence-electron chi connectivity index (χ0n) is 12.6. The molecule has 0 spiro atoms. The summed E-state index contributed by atoms with van der Waals surface area (Å²) in [5.41, 5.74) is 3.71.